The number of anilines is 1. The predicted octanol–water partition coefficient (Wildman–Crippen LogP) is 2.22. The van der Waals surface area contributed by atoms with Crippen LogP contribution < -0.4 is 5.73 Å². The van der Waals surface area contributed by atoms with Gasteiger partial charge in [0.05, 0.1) is 37.0 Å². The highest BCUT2D eigenvalue weighted by atomic mass is 127. The molecule has 222 valence electrons. The highest BCUT2D eigenvalue weighted by Gasteiger charge is 2.31. The Morgan fingerprint density at radius 2 is 0.975 bits per heavy atom. The molecule has 0 unspecified atom stereocenters. The summed E-state index contributed by atoms with van der Waals surface area (Å²) in [6.45, 7) is 4.10. The molecule has 0 radical (unpaired) electrons. The van der Waals surface area contributed by atoms with Gasteiger partial charge < -0.3 is 34.5 Å². The first-order valence-corrected chi connectivity index (χ1v) is 14.8. The van der Waals surface area contributed by atoms with Crippen LogP contribution >= 0.6 is 67.8 Å². The maximum atomic E-state index is 13.6. The number of esters is 4. The standard InChI is InChI=1S/C24H30I3N3O10/c1-11(31)37-9-15(39-13(3)33)7-29(5)23(35)17-19(25)18(21(27)22(28)20(17)26)24(36)30(6)8-16(40-14(4)34)10-38-12(2)32/h15-16H,7-10,28H2,1-6H3/t15-,16-/m1/s1. The van der Waals surface area contributed by atoms with Crippen molar-refractivity contribution in [3.05, 3.63) is 21.8 Å². The van der Waals surface area contributed by atoms with Gasteiger partial charge in [-0.3, -0.25) is 28.8 Å². The van der Waals surface area contributed by atoms with Crippen LogP contribution in [0.4, 0.5) is 5.69 Å². The Bertz CT molecular complexity index is 1090. The van der Waals surface area contributed by atoms with Gasteiger partial charge >= 0.3 is 23.9 Å². The lowest BCUT2D eigenvalue weighted by atomic mass is 10.1. The van der Waals surface area contributed by atoms with Crippen molar-refractivity contribution in [3.63, 3.8) is 0 Å². The third-order valence-corrected chi connectivity index (χ3v) is 8.36. The minimum absolute atomic E-state index is 0.104. The SMILES string of the molecule is CC(=O)OC[C@@H](CN(C)C(=O)c1c(I)c(N)c(I)c(C(=O)N(C)C[C@H](COC(C)=O)OC(C)=O)c1I)OC(C)=O. The van der Waals surface area contributed by atoms with Gasteiger partial charge in [-0.15, -0.1) is 0 Å². The van der Waals surface area contributed by atoms with E-state index >= 15 is 0 Å². The average molecular weight is 901 g/mol. The number of carbonyl (C=O) groups is 6. The number of nitrogens with zero attached hydrogens (tertiary/aromatic N) is 2. The second-order valence-electron chi connectivity index (χ2n) is 8.55. The molecule has 0 fully saturated rings. The summed E-state index contributed by atoms with van der Waals surface area (Å²) in [6.07, 6.45) is -1.84. The lowest BCUT2D eigenvalue weighted by Crippen LogP contribution is -2.41. The van der Waals surface area contributed by atoms with Gasteiger partial charge in [-0.05, 0) is 67.8 Å². The van der Waals surface area contributed by atoms with E-state index in [2.05, 4.69) is 0 Å². The van der Waals surface area contributed by atoms with Crippen molar-refractivity contribution in [1.82, 2.24) is 9.80 Å². The molecule has 1 aromatic carbocycles. The maximum Gasteiger partial charge on any atom is 0.303 e. The van der Waals surface area contributed by atoms with Gasteiger partial charge in [0.15, 0.2) is 12.2 Å². The van der Waals surface area contributed by atoms with Gasteiger partial charge in [0.2, 0.25) is 0 Å². The molecule has 0 bridgehead atoms. The number of nitrogen functional groups attached to an aromatic ring is 1. The highest BCUT2D eigenvalue weighted by molar-refractivity contribution is 14.1. The van der Waals surface area contributed by atoms with Crippen LogP contribution in [0.15, 0.2) is 0 Å². The van der Waals surface area contributed by atoms with Crippen LogP contribution in [0.1, 0.15) is 48.4 Å². The van der Waals surface area contributed by atoms with Crippen LogP contribution in [0.25, 0.3) is 0 Å². The normalized spacial score (nSPS) is 12.0. The maximum absolute atomic E-state index is 13.6. The number of likely N-dealkylation sites (N-methyl/N-ethyl adjacent to an activating group) is 2. The lowest BCUT2D eigenvalue weighted by molar-refractivity contribution is -0.156. The van der Waals surface area contributed by atoms with E-state index < -0.39 is 47.9 Å². The molecule has 16 heteroatoms. The largest absolute Gasteiger partial charge is 0.462 e. The molecule has 2 amide bonds. The Labute approximate surface area is 272 Å². The monoisotopic (exact) mass is 901 g/mol. The number of halogens is 3. The molecule has 0 spiro atoms. The minimum atomic E-state index is -0.922. The summed E-state index contributed by atoms with van der Waals surface area (Å²) in [6, 6.07) is 0. The Morgan fingerprint density at radius 3 is 1.25 bits per heavy atom. The van der Waals surface area contributed by atoms with E-state index in [9.17, 15) is 28.8 Å². The Morgan fingerprint density at radius 1 is 0.650 bits per heavy atom. The topological polar surface area (TPSA) is 172 Å². The zero-order chi connectivity index (χ0) is 30.9. The van der Waals surface area contributed by atoms with Crippen molar-refractivity contribution in [2.45, 2.75) is 39.9 Å². The third kappa shape index (κ3) is 10.8. The van der Waals surface area contributed by atoms with Gasteiger partial charge in [-0.25, -0.2) is 0 Å². The van der Waals surface area contributed by atoms with E-state index in [0.29, 0.717) is 10.7 Å². The van der Waals surface area contributed by atoms with Gasteiger partial charge in [-0.1, -0.05) is 0 Å². The molecule has 13 nitrogen and oxygen atoms in total. The number of ether oxygens (including phenoxy) is 4. The second-order valence-corrected chi connectivity index (χ2v) is 11.8. The molecule has 0 saturated heterocycles. The van der Waals surface area contributed by atoms with E-state index in [1.807, 2.05) is 67.8 Å². The average Bonchev–Trinajstić information content (AvgIpc) is 2.83. The summed E-state index contributed by atoms with van der Waals surface area (Å²) in [4.78, 5) is 75.2. The molecule has 1 aromatic rings. The van der Waals surface area contributed by atoms with Crippen molar-refractivity contribution in [1.29, 1.82) is 0 Å². The summed E-state index contributed by atoms with van der Waals surface area (Å²) in [5, 5.41) is 0. The molecular formula is C24H30I3N3O10. The van der Waals surface area contributed by atoms with Crippen molar-refractivity contribution >= 4 is 109 Å². The fourth-order valence-electron chi connectivity index (χ4n) is 3.36. The van der Waals surface area contributed by atoms with Gasteiger partial charge in [-0.2, -0.15) is 0 Å². The number of rotatable bonds is 12. The van der Waals surface area contributed by atoms with Gasteiger partial charge in [0, 0.05) is 45.4 Å². The number of nitrogens with two attached hydrogens (primary N) is 1. The van der Waals surface area contributed by atoms with Gasteiger partial charge in [0.1, 0.15) is 13.2 Å². The lowest BCUT2D eigenvalue weighted by Gasteiger charge is -2.27. The Kier molecular flexibility index (Phi) is 14.8. The smallest absolute Gasteiger partial charge is 0.303 e. The summed E-state index contributed by atoms with van der Waals surface area (Å²) in [5.74, 6) is -3.40. The van der Waals surface area contributed by atoms with Crippen LogP contribution in [0.3, 0.4) is 0 Å². The third-order valence-electron chi connectivity index (χ3n) is 5.04. The summed E-state index contributed by atoms with van der Waals surface area (Å²) in [5.41, 5.74) is 6.83. The molecule has 1 rings (SSSR count). The zero-order valence-corrected chi connectivity index (χ0v) is 29.1. The van der Waals surface area contributed by atoms with Crippen LogP contribution in [-0.4, -0.2) is 98.1 Å². The molecule has 2 N–H and O–H groups in total. The number of carbonyl (C=O) groups excluding carboxylic acids is 6. The number of hydrogen-bond donors (Lipinski definition) is 1. The molecule has 0 aromatic heterocycles. The number of amides is 2. The van der Waals surface area contributed by atoms with E-state index in [-0.39, 0.29) is 43.1 Å². The van der Waals surface area contributed by atoms with Crippen LogP contribution in [0.5, 0.6) is 0 Å². The van der Waals surface area contributed by atoms with Crippen molar-refractivity contribution < 1.29 is 47.7 Å². The molecule has 0 heterocycles. The first-order chi connectivity index (χ1) is 18.5. The first kappa shape index (κ1) is 36.1. The van der Waals surface area contributed by atoms with Crippen molar-refractivity contribution in [2.24, 2.45) is 0 Å². The van der Waals surface area contributed by atoms with E-state index in [0.717, 1.165) is 0 Å². The van der Waals surface area contributed by atoms with Crippen LogP contribution in [0.2, 0.25) is 0 Å². The number of benzene rings is 1. The van der Waals surface area contributed by atoms with Crippen molar-refractivity contribution in [3.8, 4) is 0 Å². The van der Waals surface area contributed by atoms with E-state index in [1.165, 1.54) is 51.6 Å². The van der Waals surface area contributed by atoms with E-state index in [1.54, 1.807) is 0 Å². The van der Waals surface area contributed by atoms with Crippen LogP contribution in [0, 0.1) is 10.7 Å². The Balaban J connectivity index is 3.37. The second kappa shape index (κ2) is 16.5. The quantitative estimate of drug-likeness (QED) is 0.141. The summed E-state index contributed by atoms with van der Waals surface area (Å²) >= 11 is 5.74. The predicted molar refractivity (Wildman–Crippen MR) is 167 cm³/mol. The molecule has 0 saturated carbocycles. The van der Waals surface area contributed by atoms with Gasteiger partial charge in [0.25, 0.3) is 11.8 Å². The molecule has 0 aliphatic rings. The summed E-state index contributed by atoms with van der Waals surface area (Å²) in [7, 11) is 2.94. The van der Waals surface area contributed by atoms with Crippen LogP contribution in [-0.2, 0) is 38.1 Å². The summed E-state index contributed by atoms with van der Waals surface area (Å²) < 4.78 is 21.4. The zero-order valence-electron chi connectivity index (χ0n) is 22.7. The Hall–Kier alpha value is -1.97. The molecule has 0 aliphatic carbocycles. The minimum Gasteiger partial charge on any atom is -0.462 e. The highest BCUT2D eigenvalue weighted by Crippen LogP contribution is 2.35. The molecule has 2 atom stereocenters. The fourth-order valence-corrected chi connectivity index (χ4v) is 7.44. The fraction of sp³-hybridized carbons (Fsp3) is 0.500. The van der Waals surface area contributed by atoms with Crippen molar-refractivity contribution in [2.75, 3.05) is 46.1 Å². The first-order valence-electron chi connectivity index (χ1n) is 11.6. The molecule has 0 aliphatic heterocycles. The molecular weight excluding hydrogens is 871 g/mol. The number of hydrogen-bond acceptors (Lipinski definition) is 11. The van der Waals surface area contributed by atoms with E-state index in [4.69, 9.17) is 24.7 Å². The molecule has 40 heavy (non-hydrogen) atoms.